The number of amides is 2. The van der Waals surface area contributed by atoms with Crippen molar-refractivity contribution >= 4 is 17.8 Å². The van der Waals surface area contributed by atoms with E-state index < -0.39 is 29.9 Å². The number of carbonyl (C=O) groups excluding carboxylic acids is 2. The lowest BCUT2D eigenvalue weighted by Gasteiger charge is -2.19. The van der Waals surface area contributed by atoms with Crippen molar-refractivity contribution in [2.75, 3.05) is 0 Å². The summed E-state index contributed by atoms with van der Waals surface area (Å²) in [5, 5.41) is 14.1. The largest absolute Gasteiger partial charge is 0.481 e. The Balaban J connectivity index is 2.46. The van der Waals surface area contributed by atoms with Crippen LogP contribution in [0.3, 0.4) is 0 Å². The highest BCUT2D eigenvalue weighted by Crippen LogP contribution is 2.00. The first-order valence-electron chi connectivity index (χ1n) is 6.99. The Bertz CT molecular complexity index is 519. The fourth-order valence-electron chi connectivity index (χ4n) is 1.81. The van der Waals surface area contributed by atoms with Crippen LogP contribution in [0.2, 0.25) is 0 Å². The van der Waals surface area contributed by atoms with Gasteiger partial charge in [0.15, 0.2) is 0 Å². The van der Waals surface area contributed by atoms with Crippen molar-refractivity contribution in [2.45, 2.75) is 38.4 Å². The number of hydrogen-bond acceptors (Lipinski definition) is 4. The monoisotopic (exact) mass is 307 g/mol. The zero-order valence-corrected chi connectivity index (χ0v) is 12.4. The van der Waals surface area contributed by atoms with Gasteiger partial charge in [-0.05, 0) is 18.9 Å². The molecule has 0 fully saturated rings. The van der Waals surface area contributed by atoms with Crippen molar-refractivity contribution in [3.8, 4) is 0 Å². The van der Waals surface area contributed by atoms with Crippen LogP contribution in [-0.4, -0.2) is 35.0 Å². The van der Waals surface area contributed by atoms with Crippen molar-refractivity contribution in [1.29, 1.82) is 0 Å². The van der Waals surface area contributed by atoms with E-state index in [1.165, 1.54) is 0 Å². The van der Waals surface area contributed by atoms with E-state index in [9.17, 15) is 14.4 Å². The molecule has 0 bridgehead atoms. The van der Waals surface area contributed by atoms with Gasteiger partial charge in [0.2, 0.25) is 11.8 Å². The first-order chi connectivity index (χ1) is 10.4. The van der Waals surface area contributed by atoms with Gasteiger partial charge >= 0.3 is 5.97 Å². The summed E-state index contributed by atoms with van der Waals surface area (Å²) in [5.41, 5.74) is 6.20. The molecular weight excluding hydrogens is 286 g/mol. The molecule has 5 N–H and O–H groups in total. The number of nitrogens with two attached hydrogens (primary N) is 1. The minimum atomic E-state index is -1.05. The van der Waals surface area contributed by atoms with Crippen molar-refractivity contribution in [1.82, 2.24) is 10.6 Å². The second-order valence-corrected chi connectivity index (χ2v) is 4.98. The van der Waals surface area contributed by atoms with E-state index in [2.05, 4.69) is 10.6 Å². The van der Waals surface area contributed by atoms with Crippen LogP contribution in [0.5, 0.6) is 0 Å². The van der Waals surface area contributed by atoms with Gasteiger partial charge in [0.1, 0.15) is 6.04 Å². The van der Waals surface area contributed by atoms with E-state index in [-0.39, 0.29) is 12.8 Å². The predicted octanol–water partition coefficient (Wildman–Crippen LogP) is -0.000400. The van der Waals surface area contributed by atoms with Crippen LogP contribution < -0.4 is 16.4 Å². The number of benzene rings is 1. The zero-order chi connectivity index (χ0) is 16.5. The fraction of sp³-hybridized carbons (Fsp3) is 0.400. The number of rotatable bonds is 9. The SMILES string of the molecule is C[C@H](NCc1ccccc1)C(=O)N[C@H](CCC(=O)O)C(N)=O. The van der Waals surface area contributed by atoms with Crippen molar-refractivity contribution in [3.63, 3.8) is 0 Å². The number of hydrogen-bond donors (Lipinski definition) is 4. The number of nitrogens with one attached hydrogen (secondary N) is 2. The Labute approximate surface area is 128 Å². The normalized spacial score (nSPS) is 13.1. The van der Waals surface area contributed by atoms with Gasteiger partial charge in [0.25, 0.3) is 0 Å². The minimum Gasteiger partial charge on any atom is -0.481 e. The summed E-state index contributed by atoms with van der Waals surface area (Å²) < 4.78 is 0. The maximum atomic E-state index is 12.0. The molecule has 0 spiro atoms. The average molecular weight is 307 g/mol. The number of carboxylic acids is 1. The highest BCUT2D eigenvalue weighted by atomic mass is 16.4. The minimum absolute atomic E-state index is 0.0260. The lowest BCUT2D eigenvalue weighted by molar-refractivity contribution is -0.137. The van der Waals surface area contributed by atoms with Gasteiger partial charge in [-0.1, -0.05) is 30.3 Å². The van der Waals surface area contributed by atoms with Gasteiger partial charge in [0, 0.05) is 13.0 Å². The summed E-state index contributed by atoms with van der Waals surface area (Å²) >= 11 is 0. The Kier molecular flexibility index (Phi) is 7.04. The summed E-state index contributed by atoms with van der Waals surface area (Å²) in [7, 11) is 0. The molecule has 7 nitrogen and oxygen atoms in total. The Morgan fingerprint density at radius 1 is 1.23 bits per heavy atom. The van der Waals surface area contributed by atoms with E-state index in [0.29, 0.717) is 6.54 Å². The maximum Gasteiger partial charge on any atom is 0.303 e. The number of primary amides is 1. The first kappa shape index (κ1) is 17.6. The van der Waals surface area contributed by atoms with Gasteiger partial charge in [-0.25, -0.2) is 0 Å². The molecule has 0 aliphatic rings. The van der Waals surface area contributed by atoms with Crippen molar-refractivity contribution in [2.24, 2.45) is 5.73 Å². The van der Waals surface area contributed by atoms with Gasteiger partial charge in [0.05, 0.1) is 6.04 Å². The molecule has 0 aromatic heterocycles. The van der Waals surface area contributed by atoms with Crippen LogP contribution in [0.25, 0.3) is 0 Å². The number of aliphatic carboxylic acids is 1. The van der Waals surface area contributed by atoms with E-state index >= 15 is 0 Å². The summed E-state index contributed by atoms with van der Waals surface area (Å²) in [6.07, 6.45) is -0.262. The molecule has 2 amide bonds. The molecule has 0 heterocycles. The zero-order valence-electron chi connectivity index (χ0n) is 12.4. The Morgan fingerprint density at radius 2 is 1.86 bits per heavy atom. The molecule has 1 aromatic rings. The van der Waals surface area contributed by atoms with Crippen LogP contribution >= 0.6 is 0 Å². The molecule has 0 radical (unpaired) electrons. The topological polar surface area (TPSA) is 122 Å². The third kappa shape index (κ3) is 6.36. The molecule has 1 aromatic carbocycles. The van der Waals surface area contributed by atoms with E-state index in [4.69, 9.17) is 10.8 Å². The second kappa shape index (κ2) is 8.78. The third-order valence-electron chi connectivity index (χ3n) is 3.16. The quantitative estimate of drug-likeness (QED) is 0.511. The van der Waals surface area contributed by atoms with E-state index in [1.807, 2.05) is 30.3 Å². The van der Waals surface area contributed by atoms with E-state index in [1.54, 1.807) is 6.92 Å². The molecule has 2 atom stereocenters. The molecule has 22 heavy (non-hydrogen) atoms. The fourth-order valence-corrected chi connectivity index (χ4v) is 1.81. The van der Waals surface area contributed by atoms with Gasteiger partial charge in [-0.15, -0.1) is 0 Å². The van der Waals surface area contributed by atoms with Crippen LogP contribution in [0, 0.1) is 0 Å². The van der Waals surface area contributed by atoms with Crippen molar-refractivity contribution < 1.29 is 19.5 Å². The molecule has 0 saturated carbocycles. The molecule has 120 valence electrons. The molecular formula is C15H21N3O4. The standard InChI is InChI=1S/C15H21N3O4/c1-10(17-9-11-5-3-2-4-6-11)15(22)18-12(14(16)21)7-8-13(19)20/h2-6,10,12,17H,7-9H2,1H3,(H2,16,21)(H,18,22)(H,19,20)/t10-,12+/m0/s1. The predicted molar refractivity (Wildman–Crippen MR) is 80.7 cm³/mol. The summed E-state index contributed by atoms with van der Waals surface area (Å²) in [6.45, 7) is 2.17. The lowest BCUT2D eigenvalue weighted by atomic mass is 10.1. The highest BCUT2D eigenvalue weighted by molar-refractivity contribution is 5.89. The summed E-state index contributed by atoms with van der Waals surface area (Å²) in [4.78, 5) is 33.8. The molecule has 0 saturated heterocycles. The van der Waals surface area contributed by atoms with E-state index in [0.717, 1.165) is 5.56 Å². The highest BCUT2D eigenvalue weighted by Gasteiger charge is 2.22. The number of carboxylic acid groups (broad SMARTS) is 1. The molecule has 0 aliphatic carbocycles. The Morgan fingerprint density at radius 3 is 2.41 bits per heavy atom. The molecule has 7 heteroatoms. The Hall–Kier alpha value is -2.41. The second-order valence-electron chi connectivity index (χ2n) is 4.98. The molecule has 0 unspecified atom stereocenters. The lowest BCUT2D eigenvalue weighted by Crippen LogP contribution is -2.50. The van der Waals surface area contributed by atoms with Gasteiger partial charge in [-0.3, -0.25) is 14.4 Å². The van der Waals surface area contributed by atoms with Crippen LogP contribution in [0.15, 0.2) is 30.3 Å². The molecule has 1 rings (SSSR count). The molecule has 0 aliphatic heterocycles. The third-order valence-corrected chi connectivity index (χ3v) is 3.16. The maximum absolute atomic E-state index is 12.0. The first-order valence-corrected chi connectivity index (χ1v) is 6.99. The smallest absolute Gasteiger partial charge is 0.303 e. The van der Waals surface area contributed by atoms with Crippen LogP contribution in [-0.2, 0) is 20.9 Å². The number of carbonyl (C=O) groups is 3. The summed E-state index contributed by atoms with van der Waals surface area (Å²) in [6, 6.07) is 8.04. The van der Waals surface area contributed by atoms with Gasteiger partial charge < -0.3 is 21.5 Å². The average Bonchev–Trinajstić information content (AvgIpc) is 2.49. The van der Waals surface area contributed by atoms with Gasteiger partial charge in [-0.2, -0.15) is 0 Å². The van der Waals surface area contributed by atoms with Crippen LogP contribution in [0.4, 0.5) is 0 Å². The summed E-state index contributed by atoms with van der Waals surface area (Å²) in [5.74, 6) is -2.19. The van der Waals surface area contributed by atoms with Crippen molar-refractivity contribution in [3.05, 3.63) is 35.9 Å². The van der Waals surface area contributed by atoms with Crippen LogP contribution in [0.1, 0.15) is 25.3 Å².